The number of nitrogens with two attached hydrogens (primary N) is 1. The van der Waals surface area contributed by atoms with Gasteiger partial charge in [-0.2, -0.15) is 0 Å². The van der Waals surface area contributed by atoms with E-state index >= 15 is 0 Å². The Morgan fingerprint density at radius 1 is 1.14 bits per heavy atom. The Balaban J connectivity index is 1.61. The molecule has 114 valence electrons. The van der Waals surface area contributed by atoms with Gasteiger partial charge >= 0.3 is 0 Å². The van der Waals surface area contributed by atoms with Crippen LogP contribution in [-0.2, 0) is 11.3 Å². The van der Waals surface area contributed by atoms with E-state index < -0.39 is 0 Å². The third-order valence-corrected chi connectivity index (χ3v) is 5.37. The van der Waals surface area contributed by atoms with E-state index in [1.54, 1.807) is 6.07 Å². The SMILES string of the molecule is Nc1ccc2n(c1=O)CC1CC2CN(C2CCOCC2)C1. The molecule has 0 saturated carbocycles. The number of anilines is 1. The van der Waals surface area contributed by atoms with Crippen molar-refractivity contribution < 1.29 is 4.74 Å². The summed E-state index contributed by atoms with van der Waals surface area (Å²) >= 11 is 0. The largest absolute Gasteiger partial charge is 0.394 e. The van der Waals surface area contributed by atoms with E-state index in [1.165, 1.54) is 12.1 Å². The molecule has 4 rings (SSSR count). The normalized spacial score (nSPS) is 30.1. The Hall–Kier alpha value is -1.33. The summed E-state index contributed by atoms with van der Waals surface area (Å²) < 4.78 is 7.41. The molecule has 0 aliphatic carbocycles. The maximum Gasteiger partial charge on any atom is 0.273 e. The van der Waals surface area contributed by atoms with Gasteiger partial charge in [0, 0.05) is 50.5 Å². The lowest BCUT2D eigenvalue weighted by atomic mass is 9.82. The third kappa shape index (κ3) is 2.28. The molecule has 2 N–H and O–H groups in total. The minimum atomic E-state index is 0.00159. The summed E-state index contributed by atoms with van der Waals surface area (Å²) in [5.41, 5.74) is 7.34. The second-order valence-electron chi connectivity index (χ2n) is 6.73. The first-order valence-corrected chi connectivity index (χ1v) is 8.03. The number of hydrogen-bond acceptors (Lipinski definition) is 4. The van der Waals surface area contributed by atoms with Crippen LogP contribution in [0.3, 0.4) is 0 Å². The Kier molecular flexibility index (Phi) is 3.27. The molecule has 4 heterocycles. The van der Waals surface area contributed by atoms with E-state index in [1.807, 2.05) is 4.57 Å². The van der Waals surface area contributed by atoms with Gasteiger partial charge in [0.05, 0.1) is 5.69 Å². The first-order valence-electron chi connectivity index (χ1n) is 8.03. The molecule has 0 aromatic carbocycles. The fourth-order valence-electron chi connectivity index (χ4n) is 4.35. The molecule has 2 fully saturated rings. The molecular formula is C16H23N3O2. The molecule has 2 atom stereocenters. The lowest BCUT2D eigenvalue weighted by Gasteiger charge is -2.46. The van der Waals surface area contributed by atoms with Gasteiger partial charge in [0.1, 0.15) is 0 Å². The van der Waals surface area contributed by atoms with Crippen molar-refractivity contribution in [2.24, 2.45) is 5.92 Å². The molecule has 21 heavy (non-hydrogen) atoms. The quantitative estimate of drug-likeness (QED) is 0.839. The van der Waals surface area contributed by atoms with Crippen LogP contribution >= 0.6 is 0 Å². The van der Waals surface area contributed by atoms with Crippen LogP contribution in [0.5, 0.6) is 0 Å². The van der Waals surface area contributed by atoms with E-state index in [0.29, 0.717) is 23.6 Å². The number of nitrogens with zero attached hydrogens (tertiary/aromatic N) is 2. The second kappa shape index (κ2) is 5.14. The van der Waals surface area contributed by atoms with Gasteiger partial charge in [0.2, 0.25) is 0 Å². The van der Waals surface area contributed by atoms with Gasteiger partial charge in [-0.25, -0.2) is 0 Å². The molecule has 0 radical (unpaired) electrons. The fourth-order valence-corrected chi connectivity index (χ4v) is 4.35. The number of likely N-dealkylation sites (tertiary alicyclic amines) is 1. The molecule has 5 nitrogen and oxygen atoms in total. The van der Waals surface area contributed by atoms with Gasteiger partial charge in [0.15, 0.2) is 0 Å². The lowest BCUT2D eigenvalue weighted by molar-refractivity contribution is 0.00589. The van der Waals surface area contributed by atoms with Gasteiger partial charge in [-0.15, -0.1) is 0 Å². The van der Waals surface area contributed by atoms with Crippen LogP contribution in [0.15, 0.2) is 16.9 Å². The average molecular weight is 289 g/mol. The highest BCUT2D eigenvalue weighted by Gasteiger charge is 2.37. The summed E-state index contributed by atoms with van der Waals surface area (Å²) in [6.07, 6.45) is 3.51. The van der Waals surface area contributed by atoms with E-state index in [-0.39, 0.29) is 5.56 Å². The van der Waals surface area contributed by atoms with Crippen molar-refractivity contribution in [1.29, 1.82) is 0 Å². The van der Waals surface area contributed by atoms with Crippen LogP contribution in [-0.4, -0.2) is 41.8 Å². The zero-order valence-electron chi connectivity index (χ0n) is 12.3. The minimum Gasteiger partial charge on any atom is -0.394 e. The number of pyridine rings is 1. The number of ether oxygens (including phenoxy) is 1. The zero-order valence-corrected chi connectivity index (χ0v) is 12.3. The molecule has 0 spiro atoms. The third-order valence-electron chi connectivity index (χ3n) is 5.37. The van der Waals surface area contributed by atoms with Crippen LogP contribution < -0.4 is 11.3 Å². The first kappa shape index (κ1) is 13.3. The van der Waals surface area contributed by atoms with E-state index in [2.05, 4.69) is 11.0 Å². The van der Waals surface area contributed by atoms with Crippen LogP contribution in [0.25, 0.3) is 0 Å². The maximum atomic E-state index is 12.2. The summed E-state index contributed by atoms with van der Waals surface area (Å²) in [6.45, 7) is 4.80. The molecule has 2 unspecified atom stereocenters. The molecule has 2 saturated heterocycles. The van der Waals surface area contributed by atoms with Crippen LogP contribution in [0.1, 0.15) is 30.9 Å². The Morgan fingerprint density at radius 2 is 1.95 bits per heavy atom. The predicted molar refractivity (Wildman–Crippen MR) is 81.4 cm³/mol. The number of hydrogen-bond donors (Lipinski definition) is 1. The van der Waals surface area contributed by atoms with Crippen molar-refractivity contribution in [3.05, 3.63) is 28.2 Å². The van der Waals surface area contributed by atoms with Gasteiger partial charge in [-0.3, -0.25) is 9.69 Å². The molecule has 0 amide bonds. The Bertz CT molecular complexity index is 592. The molecule has 1 aromatic rings. The predicted octanol–water partition coefficient (Wildman–Crippen LogP) is 1.03. The molecule has 2 bridgehead atoms. The van der Waals surface area contributed by atoms with Crippen LogP contribution in [0.2, 0.25) is 0 Å². The minimum absolute atomic E-state index is 0.00159. The van der Waals surface area contributed by atoms with Crippen molar-refractivity contribution in [3.8, 4) is 0 Å². The van der Waals surface area contributed by atoms with Gasteiger partial charge < -0.3 is 15.0 Å². The highest BCUT2D eigenvalue weighted by Crippen LogP contribution is 2.37. The number of rotatable bonds is 1. The monoisotopic (exact) mass is 289 g/mol. The topological polar surface area (TPSA) is 60.5 Å². The lowest BCUT2D eigenvalue weighted by Crippen LogP contribution is -2.51. The summed E-state index contributed by atoms with van der Waals surface area (Å²) in [5, 5.41) is 0. The molecule has 1 aromatic heterocycles. The van der Waals surface area contributed by atoms with Gasteiger partial charge in [-0.1, -0.05) is 0 Å². The molecule has 3 aliphatic heterocycles. The molecule has 3 aliphatic rings. The van der Waals surface area contributed by atoms with E-state index in [9.17, 15) is 4.79 Å². The standard InChI is InChI=1S/C16H23N3O2/c17-14-1-2-15-12-7-11(9-19(15)16(14)20)8-18(10-12)13-3-5-21-6-4-13/h1-2,11-13H,3-10,17H2. The Labute approximate surface area is 124 Å². The summed E-state index contributed by atoms with van der Waals surface area (Å²) in [6, 6.07) is 4.50. The maximum absolute atomic E-state index is 12.2. The first-order chi connectivity index (χ1) is 10.2. The van der Waals surface area contributed by atoms with Crippen LogP contribution in [0.4, 0.5) is 5.69 Å². The second-order valence-corrected chi connectivity index (χ2v) is 6.73. The van der Waals surface area contributed by atoms with Crippen molar-refractivity contribution in [3.63, 3.8) is 0 Å². The van der Waals surface area contributed by atoms with E-state index in [4.69, 9.17) is 10.5 Å². The molecule has 5 heteroatoms. The average Bonchev–Trinajstić information content (AvgIpc) is 2.52. The van der Waals surface area contributed by atoms with Crippen molar-refractivity contribution in [2.45, 2.75) is 37.8 Å². The van der Waals surface area contributed by atoms with Crippen LogP contribution in [0, 0.1) is 5.92 Å². The summed E-state index contributed by atoms with van der Waals surface area (Å²) in [4.78, 5) is 14.9. The highest BCUT2D eigenvalue weighted by atomic mass is 16.5. The van der Waals surface area contributed by atoms with Crippen molar-refractivity contribution in [2.75, 3.05) is 32.0 Å². The van der Waals surface area contributed by atoms with Crippen molar-refractivity contribution in [1.82, 2.24) is 9.47 Å². The number of aromatic nitrogens is 1. The van der Waals surface area contributed by atoms with Crippen molar-refractivity contribution >= 4 is 5.69 Å². The zero-order chi connectivity index (χ0) is 14.4. The smallest absolute Gasteiger partial charge is 0.273 e. The van der Waals surface area contributed by atoms with Gasteiger partial charge in [0.25, 0.3) is 5.56 Å². The Morgan fingerprint density at radius 3 is 2.76 bits per heavy atom. The summed E-state index contributed by atoms with van der Waals surface area (Å²) in [7, 11) is 0. The van der Waals surface area contributed by atoms with Gasteiger partial charge in [-0.05, 0) is 37.3 Å². The molecular weight excluding hydrogens is 266 g/mol. The highest BCUT2D eigenvalue weighted by molar-refractivity contribution is 5.37. The number of nitrogen functional groups attached to an aromatic ring is 1. The number of fused-ring (bicyclic) bond motifs is 4. The van der Waals surface area contributed by atoms with E-state index in [0.717, 1.165) is 45.7 Å². The fraction of sp³-hybridized carbons (Fsp3) is 0.688. The number of piperidine rings is 1. The summed E-state index contributed by atoms with van der Waals surface area (Å²) in [5.74, 6) is 1.06.